The third-order valence-electron chi connectivity index (χ3n) is 2.43. The van der Waals surface area contributed by atoms with Gasteiger partial charge in [0.05, 0.1) is 0 Å². The van der Waals surface area contributed by atoms with Crippen molar-refractivity contribution < 1.29 is 4.39 Å². The predicted octanol–water partition coefficient (Wildman–Crippen LogP) is 2.78. The number of anilines is 3. The molecule has 0 bridgehead atoms. The van der Waals surface area contributed by atoms with Gasteiger partial charge >= 0.3 is 0 Å². The summed E-state index contributed by atoms with van der Waals surface area (Å²) in [7, 11) is 3.61. The zero-order valence-electron chi connectivity index (χ0n) is 10.8. The highest BCUT2D eigenvalue weighted by atomic mass is 35.5. The number of hydrogen-bond acceptors (Lipinski definition) is 5. The maximum Gasteiger partial charge on any atom is 0.233 e. The van der Waals surface area contributed by atoms with E-state index < -0.39 is 0 Å². The molecule has 100 valence electrons. The van der Waals surface area contributed by atoms with Crippen molar-refractivity contribution in [3.63, 3.8) is 0 Å². The molecule has 0 saturated carbocycles. The average Bonchev–Trinajstić information content (AvgIpc) is 2.32. The van der Waals surface area contributed by atoms with Crippen molar-refractivity contribution in [2.45, 2.75) is 6.92 Å². The number of halogens is 2. The molecule has 0 aliphatic rings. The molecule has 0 amide bonds. The van der Waals surface area contributed by atoms with Gasteiger partial charge in [0, 0.05) is 19.8 Å². The fourth-order valence-corrected chi connectivity index (χ4v) is 1.64. The first kappa shape index (κ1) is 13.5. The lowest BCUT2D eigenvalue weighted by molar-refractivity contribution is 0.627. The number of benzene rings is 1. The van der Waals surface area contributed by atoms with Crippen LogP contribution >= 0.6 is 11.6 Å². The first-order valence-electron chi connectivity index (χ1n) is 5.58. The minimum Gasteiger partial charge on any atom is -0.347 e. The summed E-state index contributed by atoms with van der Waals surface area (Å²) in [5.41, 5.74) is 1.47. The van der Waals surface area contributed by atoms with E-state index in [1.54, 1.807) is 32.0 Å². The number of rotatable bonds is 3. The molecule has 1 aromatic heterocycles. The van der Waals surface area contributed by atoms with Crippen LogP contribution in [0.4, 0.5) is 22.0 Å². The van der Waals surface area contributed by atoms with Gasteiger partial charge in [-0.15, -0.1) is 0 Å². The van der Waals surface area contributed by atoms with Gasteiger partial charge in [-0.05, 0) is 42.3 Å². The van der Waals surface area contributed by atoms with Gasteiger partial charge in [-0.1, -0.05) is 0 Å². The van der Waals surface area contributed by atoms with Crippen LogP contribution in [0.5, 0.6) is 0 Å². The maximum atomic E-state index is 13.0. The van der Waals surface area contributed by atoms with Crippen LogP contribution in [0.1, 0.15) is 5.56 Å². The second-order valence-corrected chi connectivity index (χ2v) is 4.54. The Balaban J connectivity index is 2.32. The minimum absolute atomic E-state index is 0.0981. The Morgan fingerprint density at radius 3 is 2.58 bits per heavy atom. The fraction of sp³-hybridized carbons (Fsp3) is 0.250. The van der Waals surface area contributed by atoms with Crippen LogP contribution in [-0.2, 0) is 0 Å². The van der Waals surface area contributed by atoms with E-state index in [4.69, 9.17) is 11.6 Å². The Hall–Kier alpha value is -1.95. The SMILES string of the molecule is Cc1cc(F)ccc1Nc1nc(Cl)nc(N(C)C)n1. The van der Waals surface area contributed by atoms with E-state index in [-0.39, 0.29) is 11.1 Å². The van der Waals surface area contributed by atoms with Gasteiger partial charge in [-0.25, -0.2) is 4.39 Å². The molecule has 2 rings (SSSR count). The van der Waals surface area contributed by atoms with Gasteiger partial charge in [-0.3, -0.25) is 0 Å². The first-order chi connectivity index (χ1) is 8.95. The summed E-state index contributed by atoms with van der Waals surface area (Å²) < 4.78 is 13.0. The van der Waals surface area contributed by atoms with E-state index in [9.17, 15) is 4.39 Å². The summed E-state index contributed by atoms with van der Waals surface area (Å²) in [5, 5.41) is 3.09. The largest absolute Gasteiger partial charge is 0.347 e. The molecule has 0 aliphatic heterocycles. The van der Waals surface area contributed by atoms with Gasteiger partial charge in [0.15, 0.2) is 0 Å². The lowest BCUT2D eigenvalue weighted by atomic mass is 10.2. The average molecular weight is 282 g/mol. The zero-order valence-corrected chi connectivity index (χ0v) is 11.5. The second-order valence-electron chi connectivity index (χ2n) is 4.21. The van der Waals surface area contributed by atoms with Crippen LogP contribution in [0.15, 0.2) is 18.2 Å². The van der Waals surface area contributed by atoms with Gasteiger partial charge in [0.25, 0.3) is 0 Å². The van der Waals surface area contributed by atoms with E-state index in [1.807, 2.05) is 0 Å². The lowest BCUT2D eigenvalue weighted by Crippen LogP contribution is -2.14. The highest BCUT2D eigenvalue weighted by Gasteiger charge is 2.08. The molecule has 0 spiro atoms. The number of nitrogens with zero attached hydrogens (tertiary/aromatic N) is 4. The van der Waals surface area contributed by atoms with Gasteiger partial charge in [0.1, 0.15) is 5.82 Å². The van der Waals surface area contributed by atoms with Crippen molar-refractivity contribution in [2.24, 2.45) is 0 Å². The Kier molecular flexibility index (Phi) is 3.80. The Morgan fingerprint density at radius 1 is 1.21 bits per heavy atom. The highest BCUT2D eigenvalue weighted by molar-refractivity contribution is 6.28. The Morgan fingerprint density at radius 2 is 1.95 bits per heavy atom. The lowest BCUT2D eigenvalue weighted by Gasteiger charge is -2.12. The van der Waals surface area contributed by atoms with Gasteiger partial charge < -0.3 is 10.2 Å². The van der Waals surface area contributed by atoms with Crippen LogP contribution in [-0.4, -0.2) is 29.0 Å². The van der Waals surface area contributed by atoms with Crippen molar-refractivity contribution in [1.82, 2.24) is 15.0 Å². The molecule has 19 heavy (non-hydrogen) atoms. The van der Waals surface area contributed by atoms with Crippen molar-refractivity contribution in [3.05, 3.63) is 34.9 Å². The molecule has 0 atom stereocenters. The summed E-state index contributed by atoms with van der Waals surface area (Å²) in [6.07, 6.45) is 0. The van der Waals surface area contributed by atoms with Crippen molar-refractivity contribution >= 4 is 29.2 Å². The van der Waals surface area contributed by atoms with Crippen LogP contribution in [0.2, 0.25) is 5.28 Å². The van der Waals surface area contributed by atoms with Gasteiger partial charge in [-0.2, -0.15) is 15.0 Å². The molecule has 7 heteroatoms. The van der Waals surface area contributed by atoms with E-state index in [1.165, 1.54) is 12.1 Å². The van der Waals surface area contributed by atoms with E-state index in [0.29, 0.717) is 17.6 Å². The molecule has 1 aromatic carbocycles. The normalized spacial score (nSPS) is 10.4. The quantitative estimate of drug-likeness (QED) is 0.937. The molecule has 1 N–H and O–H groups in total. The topological polar surface area (TPSA) is 53.9 Å². The minimum atomic E-state index is -0.286. The van der Waals surface area contributed by atoms with Crippen LogP contribution in [0, 0.1) is 12.7 Å². The molecule has 0 saturated heterocycles. The van der Waals surface area contributed by atoms with E-state index >= 15 is 0 Å². The van der Waals surface area contributed by atoms with E-state index in [0.717, 1.165) is 5.56 Å². The summed E-state index contributed by atoms with van der Waals surface area (Å²) in [4.78, 5) is 13.9. The van der Waals surface area contributed by atoms with Crippen LogP contribution in [0.3, 0.4) is 0 Å². The number of hydrogen-bond donors (Lipinski definition) is 1. The fourth-order valence-electron chi connectivity index (χ4n) is 1.48. The smallest absolute Gasteiger partial charge is 0.233 e. The maximum absolute atomic E-state index is 13.0. The molecule has 1 heterocycles. The van der Waals surface area contributed by atoms with Crippen molar-refractivity contribution in [3.8, 4) is 0 Å². The molecule has 5 nitrogen and oxygen atoms in total. The third kappa shape index (κ3) is 3.29. The molecule has 0 unspecified atom stereocenters. The van der Waals surface area contributed by atoms with Gasteiger partial charge in [0.2, 0.25) is 17.2 Å². The Labute approximate surface area is 115 Å². The standard InChI is InChI=1S/C12H13ClFN5/c1-7-6-8(14)4-5-9(7)15-11-16-10(13)17-12(18-11)19(2)3/h4-6H,1-3H3,(H,15,16,17,18). The molecule has 0 radical (unpaired) electrons. The Bertz CT molecular complexity index is 603. The van der Waals surface area contributed by atoms with Crippen molar-refractivity contribution in [2.75, 3.05) is 24.3 Å². The molecule has 0 aliphatic carbocycles. The summed E-state index contributed by atoms with van der Waals surface area (Å²) in [6, 6.07) is 4.42. The summed E-state index contributed by atoms with van der Waals surface area (Å²) in [6.45, 7) is 1.79. The number of aryl methyl sites for hydroxylation is 1. The molecular formula is C12H13ClFN5. The van der Waals surface area contributed by atoms with E-state index in [2.05, 4.69) is 20.3 Å². The summed E-state index contributed by atoms with van der Waals surface area (Å²) in [5.74, 6) is 0.478. The molecular weight excluding hydrogens is 269 g/mol. The van der Waals surface area contributed by atoms with Crippen LogP contribution < -0.4 is 10.2 Å². The monoisotopic (exact) mass is 281 g/mol. The third-order valence-corrected chi connectivity index (χ3v) is 2.60. The zero-order chi connectivity index (χ0) is 14.0. The van der Waals surface area contributed by atoms with Crippen LogP contribution in [0.25, 0.3) is 0 Å². The van der Waals surface area contributed by atoms with Crippen molar-refractivity contribution in [1.29, 1.82) is 0 Å². The number of nitrogens with one attached hydrogen (secondary N) is 1. The number of aromatic nitrogens is 3. The second kappa shape index (κ2) is 5.36. The highest BCUT2D eigenvalue weighted by Crippen LogP contribution is 2.20. The molecule has 0 fully saturated rings. The predicted molar refractivity (Wildman–Crippen MR) is 73.6 cm³/mol. The first-order valence-corrected chi connectivity index (χ1v) is 5.95. The summed E-state index contributed by atoms with van der Waals surface area (Å²) >= 11 is 5.84. The molecule has 2 aromatic rings.